The van der Waals surface area contributed by atoms with Gasteiger partial charge in [0.2, 0.25) is 0 Å². The van der Waals surface area contributed by atoms with E-state index in [0.717, 1.165) is 35.5 Å². The van der Waals surface area contributed by atoms with Crippen molar-refractivity contribution in [1.29, 1.82) is 0 Å². The maximum Gasteiger partial charge on any atom is 0.187 e. The number of anilines is 1. The summed E-state index contributed by atoms with van der Waals surface area (Å²) < 4.78 is 11.6. The molecule has 0 amide bonds. The van der Waals surface area contributed by atoms with Crippen molar-refractivity contribution in [1.82, 2.24) is 9.97 Å². The number of ether oxygens (including phenoxy) is 2. The molecule has 0 bridgehead atoms. The van der Waals surface area contributed by atoms with E-state index < -0.39 is 0 Å². The van der Waals surface area contributed by atoms with Gasteiger partial charge in [-0.05, 0) is 61.7 Å². The van der Waals surface area contributed by atoms with Crippen LogP contribution in [0.2, 0.25) is 0 Å². The van der Waals surface area contributed by atoms with E-state index in [9.17, 15) is 0 Å². The molecule has 4 rings (SSSR count). The average molecular weight is 363 g/mol. The lowest BCUT2D eigenvalue weighted by atomic mass is 10.0. The monoisotopic (exact) mass is 363 g/mol. The van der Waals surface area contributed by atoms with Crippen molar-refractivity contribution in [2.75, 3.05) is 18.1 Å². The second-order valence-corrected chi connectivity index (χ2v) is 6.95. The highest BCUT2D eigenvalue weighted by molar-refractivity contribution is 5.85. The van der Waals surface area contributed by atoms with E-state index in [0.29, 0.717) is 12.5 Å². The lowest BCUT2D eigenvalue weighted by Crippen LogP contribution is -2.23. The van der Waals surface area contributed by atoms with Gasteiger partial charge in [0, 0.05) is 0 Å². The molecule has 27 heavy (non-hydrogen) atoms. The molecule has 5 heteroatoms. The first-order chi connectivity index (χ1) is 13.1. The number of imidazole rings is 1. The van der Waals surface area contributed by atoms with Crippen LogP contribution in [0.25, 0.3) is 11.0 Å². The molecule has 3 aromatic rings. The molecule has 5 nitrogen and oxygen atoms in total. The summed E-state index contributed by atoms with van der Waals surface area (Å²) in [5, 5.41) is 0. The number of aromatic nitrogens is 2. The zero-order chi connectivity index (χ0) is 19.0. The summed E-state index contributed by atoms with van der Waals surface area (Å²) >= 11 is 0. The highest BCUT2D eigenvalue weighted by atomic mass is 16.5. The smallest absolute Gasteiger partial charge is 0.187 e. The fourth-order valence-corrected chi connectivity index (χ4v) is 3.62. The maximum atomic E-state index is 5.84. The van der Waals surface area contributed by atoms with Gasteiger partial charge in [-0.15, -0.1) is 0 Å². The minimum absolute atomic E-state index is 0.0798. The normalized spacial score (nSPS) is 16.8. The zero-order valence-corrected chi connectivity index (χ0v) is 16.1. The molecule has 1 atom stereocenters. The molecular weight excluding hydrogens is 338 g/mol. The molecule has 0 saturated carbocycles. The highest BCUT2D eigenvalue weighted by Gasteiger charge is 2.33. The fraction of sp³-hybridized carbons (Fsp3) is 0.318. The lowest BCUT2D eigenvalue weighted by Gasteiger charge is -2.27. The minimum Gasteiger partial charge on any atom is -0.494 e. The van der Waals surface area contributed by atoms with E-state index in [4.69, 9.17) is 9.47 Å². The number of rotatable bonds is 5. The van der Waals surface area contributed by atoms with Crippen LogP contribution in [-0.2, 0) is 4.74 Å². The fourth-order valence-electron chi connectivity index (χ4n) is 3.62. The first-order valence-electron chi connectivity index (χ1n) is 9.37. The van der Waals surface area contributed by atoms with Crippen LogP contribution >= 0.6 is 0 Å². The Morgan fingerprint density at radius 2 is 2.04 bits per heavy atom. The zero-order valence-electron chi connectivity index (χ0n) is 16.1. The third-order valence-corrected chi connectivity index (χ3v) is 5.24. The van der Waals surface area contributed by atoms with Crippen molar-refractivity contribution < 1.29 is 9.47 Å². The molecule has 0 radical (unpaired) electrons. The molecule has 1 aromatic heterocycles. The maximum absolute atomic E-state index is 5.84. The summed E-state index contributed by atoms with van der Waals surface area (Å²) in [6.07, 6.45) is 2.74. The topological polar surface area (TPSA) is 50.4 Å². The van der Waals surface area contributed by atoms with Crippen LogP contribution in [0.1, 0.15) is 36.1 Å². The van der Waals surface area contributed by atoms with Crippen LogP contribution in [0.3, 0.4) is 0 Å². The Balaban J connectivity index is 1.71. The third kappa shape index (κ3) is 3.03. The summed E-state index contributed by atoms with van der Waals surface area (Å²) in [7, 11) is 0. The van der Waals surface area contributed by atoms with Crippen molar-refractivity contribution in [3.8, 4) is 5.75 Å². The summed E-state index contributed by atoms with van der Waals surface area (Å²) in [4.78, 5) is 9.84. The number of benzene rings is 2. The number of nitrogens with zero attached hydrogens (tertiary/aromatic N) is 2. The molecule has 0 aliphatic carbocycles. The molecule has 1 fully saturated rings. The second-order valence-electron chi connectivity index (χ2n) is 6.95. The van der Waals surface area contributed by atoms with E-state index in [1.54, 1.807) is 6.33 Å². The van der Waals surface area contributed by atoms with Gasteiger partial charge >= 0.3 is 0 Å². The van der Waals surface area contributed by atoms with E-state index in [1.165, 1.54) is 16.7 Å². The number of hydrogen-bond acceptors (Lipinski definition) is 4. The number of hydrogen-bond donors (Lipinski definition) is 1. The Morgan fingerprint density at radius 1 is 1.26 bits per heavy atom. The largest absolute Gasteiger partial charge is 0.494 e. The molecular formula is C22H25N3O2. The first kappa shape index (κ1) is 17.5. The van der Waals surface area contributed by atoms with Gasteiger partial charge in [0.1, 0.15) is 12.4 Å². The van der Waals surface area contributed by atoms with Gasteiger partial charge in [-0.3, -0.25) is 0 Å². The van der Waals surface area contributed by atoms with Crippen LogP contribution in [-0.4, -0.2) is 23.2 Å². The van der Waals surface area contributed by atoms with Gasteiger partial charge < -0.3 is 19.4 Å². The van der Waals surface area contributed by atoms with Crippen LogP contribution in [0.5, 0.6) is 5.75 Å². The van der Waals surface area contributed by atoms with Crippen LogP contribution in [0, 0.1) is 13.8 Å². The van der Waals surface area contributed by atoms with Gasteiger partial charge in [-0.25, -0.2) is 4.98 Å². The van der Waals surface area contributed by atoms with Crippen LogP contribution in [0.4, 0.5) is 5.69 Å². The van der Waals surface area contributed by atoms with Crippen LogP contribution < -0.4 is 9.64 Å². The van der Waals surface area contributed by atoms with E-state index in [1.807, 2.05) is 12.1 Å². The lowest BCUT2D eigenvalue weighted by molar-refractivity contribution is 0.257. The number of nitrogens with one attached hydrogen (secondary N) is 1. The van der Waals surface area contributed by atoms with E-state index in [-0.39, 0.29) is 6.04 Å². The van der Waals surface area contributed by atoms with Crippen LogP contribution in [0.15, 0.2) is 49.1 Å². The minimum atomic E-state index is 0.0798. The highest BCUT2D eigenvalue weighted by Crippen LogP contribution is 2.40. The quantitative estimate of drug-likeness (QED) is 0.692. The van der Waals surface area contributed by atoms with Crippen molar-refractivity contribution in [3.63, 3.8) is 0 Å². The SMILES string of the molecule is C=C1OC[C@H](c2ccc(OCCC)cc2)N1c1cc2[nH]cnc2c(C)c1C. The summed E-state index contributed by atoms with van der Waals surface area (Å²) in [5.74, 6) is 1.57. The molecule has 0 unspecified atom stereocenters. The number of aryl methyl sites for hydroxylation is 1. The standard InChI is InChI=1S/C22H25N3O2/c1-5-10-26-18-8-6-17(7-9-18)21-12-27-16(4)25(21)20-11-19-22(24-13-23-19)15(3)14(20)2/h6-9,11,13,21H,4-5,10,12H2,1-3H3,(H,23,24)/t21-/m1/s1. The summed E-state index contributed by atoms with van der Waals surface area (Å²) in [5.41, 5.74) is 6.67. The molecule has 1 aliphatic rings. The van der Waals surface area contributed by atoms with Crippen molar-refractivity contribution in [3.05, 3.63) is 65.8 Å². The third-order valence-electron chi connectivity index (χ3n) is 5.24. The molecule has 1 N–H and O–H groups in total. The Labute approximate surface area is 159 Å². The van der Waals surface area contributed by atoms with Crippen molar-refractivity contribution >= 4 is 16.7 Å². The van der Waals surface area contributed by atoms with Gasteiger partial charge in [0.05, 0.1) is 35.7 Å². The Hall–Kier alpha value is -2.95. The van der Waals surface area contributed by atoms with Crippen molar-refractivity contribution in [2.45, 2.75) is 33.2 Å². The van der Waals surface area contributed by atoms with Gasteiger partial charge in [0.15, 0.2) is 5.88 Å². The number of fused-ring (bicyclic) bond motifs is 1. The predicted molar refractivity (Wildman–Crippen MR) is 108 cm³/mol. The Morgan fingerprint density at radius 3 is 2.78 bits per heavy atom. The van der Waals surface area contributed by atoms with E-state index in [2.05, 4.69) is 60.4 Å². The molecule has 1 saturated heterocycles. The van der Waals surface area contributed by atoms with Crippen molar-refractivity contribution in [2.24, 2.45) is 0 Å². The van der Waals surface area contributed by atoms with Gasteiger partial charge in [-0.1, -0.05) is 19.1 Å². The first-order valence-corrected chi connectivity index (χ1v) is 9.37. The van der Waals surface area contributed by atoms with E-state index >= 15 is 0 Å². The molecule has 2 heterocycles. The second kappa shape index (κ2) is 6.99. The molecule has 0 spiro atoms. The number of aromatic amines is 1. The van der Waals surface area contributed by atoms with Gasteiger partial charge in [0.25, 0.3) is 0 Å². The Kier molecular flexibility index (Phi) is 4.52. The predicted octanol–water partition coefficient (Wildman–Crippen LogP) is 5.02. The Bertz CT molecular complexity index is 975. The molecule has 1 aliphatic heterocycles. The average Bonchev–Trinajstić information content (AvgIpc) is 3.30. The molecule has 140 valence electrons. The number of H-pyrrole nitrogens is 1. The summed E-state index contributed by atoms with van der Waals surface area (Å²) in [6, 6.07) is 10.5. The van der Waals surface area contributed by atoms with Gasteiger partial charge in [-0.2, -0.15) is 0 Å². The summed E-state index contributed by atoms with van der Waals surface area (Å²) in [6.45, 7) is 11.8. The molecule has 2 aromatic carbocycles.